The van der Waals surface area contributed by atoms with Gasteiger partial charge in [-0.3, -0.25) is 4.90 Å². The van der Waals surface area contributed by atoms with Crippen molar-refractivity contribution < 1.29 is 9.47 Å². The quantitative estimate of drug-likeness (QED) is 0.536. The van der Waals surface area contributed by atoms with Crippen LogP contribution in [0.25, 0.3) is 0 Å². The number of hydrogen-bond acceptors (Lipinski definition) is 4. The number of hydrogen-bond donors (Lipinski definition) is 1. The molecule has 0 aromatic rings. The lowest BCUT2D eigenvalue weighted by Crippen LogP contribution is -2.41. The first-order valence-corrected chi connectivity index (χ1v) is 7.22. The molecule has 0 heterocycles. The van der Waals surface area contributed by atoms with Gasteiger partial charge in [0, 0.05) is 46.5 Å². The Morgan fingerprint density at radius 3 is 2.44 bits per heavy atom. The van der Waals surface area contributed by atoms with E-state index in [1.807, 2.05) is 0 Å². The lowest BCUT2D eigenvalue weighted by molar-refractivity contribution is 0.117. The molecule has 0 bridgehead atoms. The molecule has 1 aliphatic carbocycles. The van der Waals surface area contributed by atoms with Gasteiger partial charge in [0.15, 0.2) is 0 Å². The van der Waals surface area contributed by atoms with Crippen molar-refractivity contribution in [3.8, 4) is 0 Å². The third kappa shape index (κ3) is 6.69. The Bertz CT molecular complexity index is 198. The second kappa shape index (κ2) is 9.73. The van der Waals surface area contributed by atoms with Crippen LogP contribution in [0.2, 0.25) is 0 Å². The van der Waals surface area contributed by atoms with E-state index in [1.165, 1.54) is 12.8 Å². The first-order valence-electron chi connectivity index (χ1n) is 7.22. The summed E-state index contributed by atoms with van der Waals surface area (Å²) in [5.74, 6) is 0.926. The van der Waals surface area contributed by atoms with Crippen molar-refractivity contribution in [2.75, 3.05) is 53.6 Å². The summed E-state index contributed by atoms with van der Waals surface area (Å²) in [5, 5.41) is 3.48. The first-order chi connectivity index (χ1) is 8.79. The highest BCUT2D eigenvalue weighted by Gasteiger charge is 2.31. The minimum atomic E-state index is 0.709. The number of methoxy groups -OCH3 is 2. The normalized spacial score (nSPS) is 17.3. The fourth-order valence-electron chi connectivity index (χ4n) is 2.29. The highest BCUT2D eigenvalue weighted by molar-refractivity contribution is 4.85. The molecule has 1 aliphatic rings. The Hall–Kier alpha value is -0.160. The summed E-state index contributed by atoms with van der Waals surface area (Å²) in [6.07, 6.45) is 3.91. The van der Waals surface area contributed by atoms with E-state index in [1.54, 1.807) is 14.2 Å². The van der Waals surface area contributed by atoms with Crippen molar-refractivity contribution in [1.82, 2.24) is 10.2 Å². The summed E-state index contributed by atoms with van der Waals surface area (Å²) in [4.78, 5) is 2.56. The van der Waals surface area contributed by atoms with Crippen LogP contribution >= 0.6 is 0 Å². The van der Waals surface area contributed by atoms with Crippen LogP contribution in [-0.4, -0.2) is 64.6 Å². The number of rotatable bonds is 12. The van der Waals surface area contributed by atoms with Crippen LogP contribution < -0.4 is 5.32 Å². The van der Waals surface area contributed by atoms with Crippen LogP contribution in [0.4, 0.5) is 0 Å². The molecule has 1 fully saturated rings. The molecule has 1 atom stereocenters. The molecule has 1 unspecified atom stereocenters. The minimum Gasteiger partial charge on any atom is -0.385 e. The van der Waals surface area contributed by atoms with Gasteiger partial charge in [-0.05, 0) is 38.6 Å². The van der Waals surface area contributed by atoms with E-state index in [2.05, 4.69) is 17.1 Å². The maximum atomic E-state index is 5.20. The third-order valence-electron chi connectivity index (χ3n) is 3.74. The molecule has 108 valence electrons. The molecule has 18 heavy (non-hydrogen) atoms. The fraction of sp³-hybridized carbons (Fsp3) is 1.00. The van der Waals surface area contributed by atoms with Gasteiger partial charge in [0.1, 0.15) is 0 Å². The van der Waals surface area contributed by atoms with Gasteiger partial charge in [0.25, 0.3) is 0 Å². The molecule has 0 amide bonds. The van der Waals surface area contributed by atoms with Crippen LogP contribution in [0, 0.1) is 5.92 Å². The number of ether oxygens (including phenoxy) is 2. The molecule has 1 saturated carbocycles. The molecule has 4 nitrogen and oxygen atoms in total. The van der Waals surface area contributed by atoms with Crippen LogP contribution in [0.3, 0.4) is 0 Å². The van der Waals surface area contributed by atoms with Gasteiger partial charge in [-0.25, -0.2) is 0 Å². The lowest BCUT2D eigenvalue weighted by atomic mass is 10.2. The molecular formula is C14H30N2O2. The highest BCUT2D eigenvalue weighted by Crippen LogP contribution is 2.34. The standard InChI is InChI=1S/C14H30N2O2/c1-13(14-5-6-14)16(10-12-18-3)9-8-15-7-4-11-17-2/h13-15H,4-12H2,1-3H3. The van der Waals surface area contributed by atoms with Gasteiger partial charge in [-0.2, -0.15) is 0 Å². The van der Waals surface area contributed by atoms with Gasteiger partial charge < -0.3 is 14.8 Å². The molecule has 1 rings (SSSR count). The molecule has 0 aliphatic heterocycles. The van der Waals surface area contributed by atoms with E-state index in [-0.39, 0.29) is 0 Å². The first kappa shape index (κ1) is 15.9. The summed E-state index contributed by atoms with van der Waals surface area (Å²) in [6.45, 7) is 8.31. The Balaban J connectivity index is 2.10. The van der Waals surface area contributed by atoms with Crippen molar-refractivity contribution >= 4 is 0 Å². The predicted octanol–water partition coefficient (Wildman–Crippen LogP) is 1.36. The minimum absolute atomic E-state index is 0.709. The number of nitrogens with zero attached hydrogens (tertiary/aromatic N) is 1. The average molecular weight is 258 g/mol. The Morgan fingerprint density at radius 1 is 1.11 bits per heavy atom. The van der Waals surface area contributed by atoms with Crippen molar-refractivity contribution in [3.63, 3.8) is 0 Å². The summed E-state index contributed by atoms with van der Waals surface area (Å²) in [7, 11) is 3.53. The lowest BCUT2D eigenvalue weighted by Gasteiger charge is -2.29. The van der Waals surface area contributed by atoms with Crippen molar-refractivity contribution in [1.29, 1.82) is 0 Å². The zero-order chi connectivity index (χ0) is 13.2. The van der Waals surface area contributed by atoms with E-state index >= 15 is 0 Å². The average Bonchev–Trinajstić information content (AvgIpc) is 3.20. The molecule has 0 saturated heterocycles. The summed E-state index contributed by atoms with van der Waals surface area (Å²) < 4.78 is 10.2. The Morgan fingerprint density at radius 2 is 1.83 bits per heavy atom. The van der Waals surface area contributed by atoms with Crippen molar-refractivity contribution in [2.24, 2.45) is 5.92 Å². The van der Waals surface area contributed by atoms with E-state index < -0.39 is 0 Å². The van der Waals surface area contributed by atoms with E-state index in [9.17, 15) is 0 Å². The van der Waals surface area contributed by atoms with Crippen molar-refractivity contribution in [3.05, 3.63) is 0 Å². The largest absolute Gasteiger partial charge is 0.385 e. The molecular weight excluding hydrogens is 228 g/mol. The van der Waals surface area contributed by atoms with Crippen molar-refractivity contribution in [2.45, 2.75) is 32.2 Å². The second-order valence-corrected chi connectivity index (χ2v) is 5.20. The second-order valence-electron chi connectivity index (χ2n) is 5.20. The molecule has 0 spiro atoms. The van der Waals surface area contributed by atoms with Gasteiger partial charge in [-0.15, -0.1) is 0 Å². The molecule has 1 N–H and O–H groups in total. The van der Waals surface area contributed by atoms with Crippen LogP contribution in [-0.2, 0) is 9.47 Å². The van der Waals surface area contributed by atoms with E-state index in [0.29, 0.717) is 6.04 Å². The van der Waals surface area contributed by atoms with Gasteiger partial charge in [0.05, 0.1) is 6.61 Å². The van der Waals surface area contributed by atoms with Crippen LogP contribution in [0.1, 0.15) is 26.2 Å². The van der Waals surface area contributed by atoms with Gasteiger partial charge >= 0.3 is 0 Å². The highest BCUT2D eigenvalue weighted by atomic mass is 16.5. The summed E-state index contributed by atoms with van der Waals surface area (Å²) in [6, 6.07) is 0.709. The maximum Gasteiger partial charge on any atom is 0.0589 e. The van der Waals surface area contributed by atoms with Gasteiger partial charge in [-0.1, -0.05) is 0 Å². The van der Waals surface area contributed by atoms with Gasteiger partial charge in [0.2, 0.25) is 0 Å². The van der Waals surface area contributed by atoms with E-state index in [4.69, 9.17) is 9.47 Å². The topological polar surface area (TPSA) is 33.7 Å². The third-order valence-corrected chi connectivity index (χ3v) is 3.74. The summed E-state index contributed by atoms with van der Waals surface area (Å²) in [5.41, 5.74) is 0. The molecule has 0 aromatic heterocycles. The fourth-order valence-corrected chi connectivity index (χ4v) is 2.29. The molecule has 4 heteroatoms. The SMILES string of the molecule is COCCCNCCN(CCOC)C(C)C1CC1. The monoisotopic (exact) mass is 258 g/mol. The van der Waals surface area contributed by atoms with E-state index in [0.717, 1.165) is 51.7 Å². The Kier molecular flexibility index (Phi) is 8.59. The smallest absolute Gasteiger partial charge is 0.0589 e. The maximum absolute atomic E-state index is 5.20. The predicted molar refractivity (Wildman–Crippen MR) is 75.0 cm³/mol. The number of nitrogens with one attached hydrogen (secondary N) is 1. The zero-order valence-corrected chi connectivity index (χ0v) is 12.3. The van der Waals surface area contributed by atoms with Crippen LogP contribution in [0.15, 0.2) is 0 Å². The Labute approximate surface area is 112 Å². The zero-order valence-electron chi connectivity index (χ0n) is 12.3. The molecule has 0 radical (unpaired) electrons. The molecule has 0 aromatic carbocycles. The summed E-state index contributed by atoms with van der Waals surface area (Å²) >= 11 is 0. The van der Waals surface area contributed by atoms with Crippen LogP contribution in [0.5, 0.6) is 0 Å².